The predicted octanol–water partition coefficient (Wildman–Crippen LogP) is 0.197. The summed E-state index contributed by atoms with van der Waals surface area (Å²) in [5.74, 6) is 0.312. The van der Waals surface area contributed by atoms with Crippen molar-refractivity contribution in [3.05, 3.63) is 29.8 Å². The number of aliphatic hydroxyl groups is 1. The fourth-order valence-electron chi connectivity index (χ4n) is 1.07. The summed E-state index contributed by atoms with van der Waals surface area (Å²) in [5, 5.41) is 8.72. The van der Waals surface area contributed by atoms with Gasteiger partial charge in [-0.1, -0.05) is 12.1 Å². The van der Waals surface area contributed by atoms with E-state index in [9.17, 15) is 4.79 Å². The zero-order valence-corrected chi connectivity index (χ0v) is 7.93. The number of aliphatic hydroxyl groups excluding tert-OH is 1. The number of carbonyl (C=O) groups is 1. The van der Waals surface area contributed by atoms with Crippen molar-refractivity contribution >= 4 is 5.78 Å². The van der Waals surface area contributed by atoms with Gasteiger partial charge in [0.05, 0.1) is 19.8 Å². The van der Waals surface area contributed by atoms with Gasteiger partial charge in [0.15, 0.2) is 5.78 Å². The molecule has 0 radical (unpaired) electrons. The molecular formula is C10H13NO3. The number of rotatable bonds is 4. The lowest BCUT2D eigenvalue weighted by molar-refractivity contribution is 0.0925. The van der Waals surface area contributed by atoms with E-state index in [-0.39, 0.29) is 12.4 Å². The minimum Gasteiger partial charge on any atom is -0.497 e. The van der Waals surface area contributed by atoms with Gasteiger partial charge in [0.25, 0.3) is 0 Å². The Morgan fingerprint density at radius 2 is 2.36 bits per heavy atom. The monoisotopic (exact) mass is 195 g/mol. The number of nitrogens with two attached hydrogens (primary N) is 1. The number of benzene rings is 1. The van der Waals surface area contributed by atoms with Crippen LogP contribution < -0.4 is 10.5 Å². The van der Waals surface area contributed by atoms with E-state index in [0.717, 1.165) is 0 Å². The first-order chi connectivity index (χ1) is 6.69. The first-order valence-corrected chi connectivity index (χ1v) is 4.23. The molecule has 76 valence electrons. The molecule has 0 spiro atoms. The van der Waals surface area contributed by atoms with Crippen LogP contribution in [0, 0.1) is 0 Å². The van der Waals surface area contributed by atoms with Crippen molar-refractivity contribution in [1.82, 2.24) is 0 Å². The third-order valence-corrected chi connectivity index (χ3v) is 1.89. The lowest BCUT2D eigenvalue weighted by atomic mass is 10.1. The topological polar surface area (TPSA) is 72.5 Å². The second-order valence-electron chi connectivity index (χ2n) is 2.89. The van der Waals surface area contributed by atoms with Crippen LogP contribution in [0.1, 0.15) is 10.4 Å². The van der Waals surface area contributed by atoms with E-state index in [4.69, 9.17) is 15.6 Å². The summed E-state index contributed by atoms with van der Waals surface area (Å²) in [4.78, 5) is 11.5. The minimum absolute atomic E-state index is 0.286. The molecule has 0 saturated heterocycles. The molecule has 14 heavy (non-hydrogen) atoms. The Morgan fingerprint density at radius 1 is 1.64 bits per heavy atom. The fourth-order valence-corrected chi connectivity index (χ4v) is 1.07. The van der Waals surface area contributed by atoms with Crippen molar-refractivity contribution in [2.24, 2.45) is 5.73 Å². The number of carbonyl (C=O) groups excluding carboxylic acids is 1. The van der Waals surface area contributed by atoms with Gasteiger partial charge in [0.1, 0.15) is 5.75 Å². The van der Waals surface area contributed by atoms with Crippen LogP contribution in [-0.4, -0.2) is 30.6 Å². The Hall–Kier alpha value is -1.39. The van der Waals surface area contributed by atoms with Gasteiger partial charge in [-0.05, 0) is 12.1 Å². The van der Waals surface area contributed by atoms with Gasteiger partial charge in [0, 0.05) is 5.56 Å². The number of ketones is 1. The standard InChI is InChI=1S/C10H13NO3/c1-14-8-4-2-3-7(5-8)10(13)9(11)6-12/h2-5,9,12H,6,11H2,1H3. The summed E-state index contributed by atoms with van der Waals surface area (Å²) in [6.45, 7) is -0.351. The summed E-state index contributed by atoms with van der Waals surface area (Å²) in [7, 11) is 1.52. The van der Waals surface area contributed by atoms with Crippen molar-refractivity contribution in [2.45, 2.75) is 6.04 Å². The Kier molecular flexibility index (Phi) is 3.62. The molecule has 1 unspecified atom stereocenters. The van der Waals surface area contributed by atoms with Crippen LogP contribution in [0.4, 0.5) is 0 Å². The third-order valence-electron chi connectivity index (χ3n) is 1.89. The minimum atomic E-state index is -0.859. The molecule has 0 bridgehead atoms. The van der Waals surface area contributed by atoms with E-state index in [1.165, 1.54) is 7.11 Å². The Labute approximate surface area is 82.3 Å². The third kappa shape index (κ3) is 2.31. The lowest BCUT2D eigenvalue weighted by Gasteiger charge is -2.07. The zero-order valence-electron chi connectivity index (χ0n) is 7.93. The summed E-state index contributed by atoms with van der Waals surface area (Å²) in [6.07, 6.45) is 0. The molecule has 4 nitrogen and oxygen atoms in total. The average Bonchev–Trinajstić information content (AvgIpc) is 2.27. The second-order valence-corrected chi connectivity index (χ2v) is 2.89. The highest BCUT2D eigenvalue weighted by Gasteiger charge is 2.14. The van der Waals surface area contributed by atoms with E-state index in [2.05, 4.69) is 0 Å². The molecular weight excluding hydrogens is 182 g/mol. The summed E-state index contributed by atoms with van der Waals surface area (Å²) >= 11 is 0. The number of Topliss-reactive ketones (excluding diaryl/α,β-unsaturated/α-hetero) is 1. The van der Waals surface area contributed by atoms with Gasteiger partial charge in [-0.25, -0.2) is 0 Å². The van der Waals surface area contributed by atoms with Gasteiger partial charge >= 0.3 is 0 Å². The van der Waals surface area contributed by atoms with Gasteiger partial charge in [-0.15, -0.1) is 0 Å². The van der Waals surface area contributed by atoms with Crippen molar-refractivity contribution in [1.29, 1.82) is 0 Å². The molecule has 4 heteroatoms. The van der Waals surface area contributed by atoms with Crippen LogP contribution >= 0.6 is 0 Å². The van der Waals surface area contributed by atoms with E-state index < -0.39 is 6.04 Å². The summed E-state index contributed by atoms with van der Waals surface area (Å²) in [5.41, 5.74) is 5.85. The van der Waals surface area contributed by atoms with Crippen molar-refractivity contribution in [2.75, 3.05) is 13.7 Å². The van der Waals surface area contributed by atoms with Crippen LogP contribution in [0.3, 0.4) is 0 Å². The number of ether oxygens (including phenoxy) is 1. The van der Waals surface area contributed by atoms with E-state index in [0.29, 0.717) is 11.3 Å². The molecule has 1 atom stereocenters. The normalized spacial score (nSPS) is 12.2. The molecule has 0 aromatic heterocycles. The van der Waals surface area contributed by atoms with Crippen molar-refractivity contribution in [3.63, 3.8) is 0 Å². The molecule has 0 heterocycles. The molecule has 1 aromatic rings. The van der Waals surface area contributed by atoms with Crippen LogP contribution in [0.15, 0.2) is 24.3 Å². The highest BCUT2D eigenvalue weighted by atomic mass is 16.5. The molecule has 1 aromatic carbocycles. The molecule has 0 aliphatic rings. The van der Waals surface area contributed by atoms with Gasteiger partial charge in [-0.3, -0.25) is 4.79 Å². The van der Waals surface area contributed by atoms with Gasteiger partial charge < -0.3 is 15.6 Å². The largest absolute Gasteiger partial charge is 0.497 e. The van der Waals surface area contributed by atoms with E-state index >= 15 is 0 Å². The first-order valence-electron chi connectivity index (χ1n) is 4.23. The zero-order chi connectivity index (χ0) is 10.6. The maximum atomic E-state index is 11.5. The van der Waals surface area contributed by atoms with Crippen LogP contribution in [0.5, 0.6) is 5.75 Å². The van der Waals surface area contributed by atoms with Crippen LogP contribution in [0.25, 0.3) is 0 Å². The lowest BCUT2D eigenvalue weighted by Crippen LogP contribution is -2.33. The Balaban J connectivity index is 2.90. The van der Waals surface area contributed by atoms with E-state index in [1.807, 2.05) is 0 Å². The number of hydrogen-bond acceptors (Lipinski definition) is 4. The predicted molar refractivity (Wildman–Crippen MR) is 52.4 cm³/mol. The Bertz CT molecular complexity index is 325. The summed E-state index contributed by atoms with van der Waals surface area (Å²) in [6, 6.07) is 5.82. The molecule has 0 saturated carbocycles. The average molecular weight is 195 g/mol. The van der Waals surface area contributed by atoms with Gasteiger partial charge in [-0.2, -0.15) is 0 Å². The van der Waals surface area contributed by atoms with Crippen molar-refractivity contribution in [3.8, 4) is 5.75 Å². The highest BCUT2D eigenvalue weighted by Crippen LogP contribution is 2.13. The maximum Gasteiger partial charge on any atom is 0.181 e. The van der Waals surface area contributed by atoms with Crippen LogP contribution in [-0.2, 0) is 0 Å². The molecule has 0 aliphatic carbocycles. The number of hydrogen-bond donors (Lipinski definition) is 2. The summed E-state index contributed by atoms with van der Waals surface area (Å²) < 4.78 is 4.96. The van der Waals surface area contributed by atoms with E-state index in [1.54, 1.807) is 24.3 Å². The molecule has 0 amide bonds. The quantitative estimate of drug-likeness (QED) is 0.673. The molecule has 0 aliphatic heterocycles. The van der Waals surface area contributed by atoms with Crippen molar-refractivity contribution < 1.29 is 14.6 Å². The maximum absolute atomic E-state index is 11.5. The smallest absolute Gasteiger partial charge is 0.181 e. The number of methoxy groups -OCH3 is 1. The second kappa shape index (κ2) is 4.74. The highest BCUT2D eigenvalue weighted by molar-refractivity contribution is 6.00. The molecule has 0 fully saturated rings. The first kappa shape index (κ1) is 10.7. The Morgan fingerprint density at radius 3 is 2.93 bits per heavy atom. The fraction of sp³-hybridized carbons (Fsp3) is 0.300. The van der Waals surface area contributed by atoms with Crippen LogP contribution in [0.2, 0.25) is 0 Å². The van der Waals surface area contributed by atoms with Gasteiger partial charge in [0.2, 0.25) is 0 Å². The SMILES string of the molecule is COc1cccc(C(=O)C(N)CO)c1. The molecule has 3 N–H and O–H groups in total. The molecule has 1 rings (SSSR count).